The van der Waals surface area contributed by atoms with Crippen molar-refractivity contribution in [3.63, 3.8) is 0 Å². The molecular formula is C16H24ClN3. The Labute approximate surface area is 127 Å². The van der Waals surface area contributed by atoms with E-state index in [0.29, 0.717) is 12.3 Å². The van der Waals surface area contributed by atoms with Crippen LogP contribution in [-0.4, -0.2) is 20.1 Å². The molecule has 0 saturated carbocycles. The molecular weight excluding hydrogens is 270 g/mol. The Morgan fingerprint density at radius 3 is 2.55 bits per heavy atom. The smallest absolute Gasteiger partial charge is 0.0640 e. The van der Waals surface area contributed by atoms with Crippen LogP contribution in [0, 0.1) is 17.2 Å². The zero-order valence-corrected chi connectivity index (χ0v) is 13.5. The fraction of sp³-hybridized carbons (Fsp3) is 0.562. The van der Waals surface area contributed by atoms with Gasteiger partial charge in [-0.3, -0.25) is 0 Å². The van der Waals surface area contributed by atoms with Crippen LogP contribution in [0.3, 0.4) is 0 Å². The fourth-order valence-electron chi connectivity index (χ4n) is 2.17. The molecule has 0 spiro atoms. The van der Waals surface area contributed by atoms with Gasteiger partial charge in [-0.2, -0.15) is 5.26 Å². The van der Waals surface area contributed by atoms with Gasteiger partial charge < -0.3 is 10.2 Å². The maximum Gasteiger partial charge on any atom is 0.0640 e. The van der Waals surface area contributed by atoms with Crippen LogP contribution in [0.5, 0.6) is 0 Å². The van der Waals surface area contributed by atoms with Gasteiger partial charge in [0.15, 0.2) is 0 Å². The molecule has 0 amide bonds. The molecule has 1 aromatic carbocycles. The number of benzene rings is 1. The molecule has 3 nitrogen and oxygen atoms in total. The van der Waals surface area contributed by atoms with Crippen molar-refractivity contribution in [2.24, 2.45) is 5.92 Å². The van der Waals surface area contributed by atoms with Crippen LogP contribution in [0.1, 0.15) is 38.8 Å². The normalized spacial score (nSPS) is 12.2. The van der Waals surface area contributed by atoms with Crippen LogP contribution in [-0.2, 0) is 0 Å². The highest BCUT2D eigenvalue weighted by atomic mass is 35.5. The van der Waals surface area contributed by atoms with E-state index in [-0.39, 0.29) is 6.04 Å². The first-order valence-corrected chi connectivity index (χ1v) is 7.46. The van der Waals surface area contributed by atoms with Crippen molar-refractivity contribution in [2.45, 2.75) is 33.2 Å². The summed E-state index contributed by atoms with van der Waals surface area (Å²) in [5.74, 6) is 0.545. The van der Waals surface area contributed by atoms with Gasteiger partial charge in [0.05, 0.1) is 12.5 Å². The van der Waals surface area contributed by atoms with E-state index in [2.05, 4.69) is 49.2 Å². The molecule has 1 unspecified atom stereocenters. The monoisotopic (exact) mass is 293 g/mol. The number of anilines is 1. The third-order valence-corrected chi connectivity index (χ3v) is 3.66. The van der Waals surface area contributed by atoms with E-state index in [1.54, 1.807) is 0 Å². The largest absolute Gasteiger partial charge is 0.370 e. The lowest BCUT2D eigenvalue weighted by molar-refractivity contribution is 0.611. The lowest BCUT2D eigenvalue weighted by Crippen LogP contribution is -2.28. The van der Waals surface area contributed by atoms with Crippen molar-refractivity contribution in [3.8, 4) is 6.07 Å². The number of nitriles is 1. The minimum absolute atomic E-state index is 0.231. The summed E-state index contributed by atoms with van der Waals surface area (Å²) in [6.07, 6.45) is 0.527. The van der Waals surface area contributed by atoms with E-state index in [1.165, 1.54) is 0 Å². The Balaban J connectivity index is 2.97. The maximum absolute atomic E-state index is 8.79. The summed E-state index contributed by atoms with van der Waals surface area (Å²) >= 11 is 6.39. The first kappa shape index (κ1) is 16.8. The van der Waals surface area contributed by atoms with Crippen LogP contribution in [0.4, 0.5) is 5.69 Å². The molecule has 1 N–H and O–H groups in total. The molecule has 0 aliphatic heterocycles. The Kier molecular flexibility index (Phi) is 6.84. The Morgan fingerprint density at radius 2 is 2.05 bits per heavy atom. The Morgan fingerprint density at radius 1 is 1.35 bits per heavy atom. The molecule has 20 heavy (non-hydrogen) atoms. The van der Waals surface area contributed by atoms with Crippen molar-refractivity contribution < 1.29 is 0 Å². The molecule has 0 saturated heterocycles. The molecule has 0 heterocycles. The molecule has 0 radical (unpaired) electrons. The van der Waals surface area contributed by atoms with Crippen molar-refractivity contribution >= 4 is 17.3 Å². The molecule has 0 aromatic heterocycles. The Hall–Kier alpha value is -1.24. The fourth-order valence-corrected chi connectivity index (χ4v) is 2.51. The number of halogens is 1. The van der Waals surface area contributed by atoms with Gasteiger partial charge in [0.25, 0.3) is 0 Å². The summed E-state index contributed by atoms with van der Waals surface area (Å²) in [6.45, 7) is 8.12. The van der Waals surface area contributed by atoms with Gasteiger partial charge >= 0.3 is 0 Å². The lowest BCUT2D eigenvalue weighted by Gasteiger charge is -2.27. The van der Waals surface area contributed by atoms with E-state index in [4.69, 9.17) is 16.9 Å². The van der Waals surface area contributed by atoms with Crippen LogP contribution in [0.2, 0.25) is 5.02 Å². The summed E-state index contributed by atoms with van der Waals surface area (Å²) < 4.78 is 0. The molecule has 1 rings (SSSR count). The van der Waals surface area contributed by atoms with Gasteiger partial charge in [-0.05, 0) is 37.6 Å². The van der Waals surface area contributed by atoms with Crippen LogP contribution in [0.15, 0.2) is 18.2 Å². The highest BCUT2D eigenvalue weighted by molar-refractivity contribution is 6.31. The van der Waals surface area contributed by atoms with Gasteiger partial charge in [-0.1, -0.05) is 31.5 Å². The van der Waals surface area contributed by atoms with Crippen LogP contribution >= 0.6 is 11.6 Å². The summed E-state index contributed by atoms with van der Waals surface area (Å²) in [7, 11) is 1.92. The number of rotatable bonds is 7. The number of nitrogens with zero attached hydrogens (tertiary/aromatic N) is 2. The van der Waals surface area contributed by atoms with E-state index >= 15 is 0 Å². The Bertz CT molecular complexity index is 465. The highest BCUT2D eigenvalue weighted by Gasteiger charge is 2.12. The van der Waals surface area contributed by atoms with Crippen molar-refractivity contribution in [3.05, 3.63) is 28.8 Å². The number of hydrogen-bond donors (Lipinski definition) is 1. The molecule has 4 heteroatoms. The molecule has 0 aliphatic rings. The standard InChI is InChI=1S/C16H24ClN3/c1-12(2)11-20(9-5-8-18)14-6-7-15(13(3)19-4)16(17)10-14/h6-7,10,12-13,19H,5,9,11H2,1-4H3. The first-order chi connectivity index (χ1) is 9.49. The second-order valence-corrected chi connectivity index (χ2v) is 5.87. The molecule has 1 atom stereocenters. The molecule has 0 aliphatic carbocycles. The third-order valence-electron chi connectivity index (χ3n) is 3.33. The lowest BCUT2D eigenvalue weighted by atomic mass is 10.1. The van der Waals surface area contributed by atoms with E-state index in [1.807, 2.05) is 13.1 Å². The van der Waals surface area contributed by atoms with Crippen LogP contribution in [0.25, 0.3) is 0 Å². The van der Waals surface area contributed by atoms with Gasteiger partial charge in [0.1, 0.15) is 0 Å². The number of hydrogen-bond acceptors (Lipinski definition) is 3. The third kappa shape index (κ3) is 4.70. The zero-order chi connectivity index (χ0) is 15.1. The van der Waals surface area contributed by atoms with Crippen molar-refractivity contribution in [1.29, 1.82) is 5.26 Å². The van der Waals surface area contributed by atoms with Gasteiger partial charge in [0, 0.05) is 29.8 Å². The molecule has 1 aromatic rings. The second-order valence-electron chi connectivity index (χ2n) is 5.46. The van der Waals surface area contributed by atoms with Crippen LogP contribution < -0.4 is 10.2 Å². The molecule has 110 valence electrons. The quantitative estimate of drug-likeness (QED) is 0.826. The first-order valence-electron chi connectivity index (χ1n) is 7.08. The predicted octanol–water partition coefficient (Wildman–Crippen LogP) is 4.00. The highest BCUT2D eigenvalue weighted by Crippen LogP contribution is 2.28. The van der Waals surface area contributed by atoms with Gasteiger partial charge in [0.2, 0.25) is 0 Å². The summed E-state index contributed by atoms with van der Waals surface area (Å²) in [5.41, 5.74) is 2.19. The number of nitrogens with one attached hydrogen (secondary N) is 1. The summed E-state index contributed by atoms with van der Waals surface area (Å²) in [4.78, 5) is 2.23. The average molecular weight is 294 g/mol. The van der Waals surface area contributed by atoms with Crippen molar-refractivity contribution in [1.82, 2.24) is 5.32 Å². The minimum Gasteiger partial charge on any atom is -0.370 e. The summed E-state index contributed by atoms with van der Waals surface area (Å²) in [5, 5.41) is 12.8. The summed E-state index contributed by atoms with van der Waals surface area (Å²) in [6, 6.07) is 8.61. The molecule has 0 bridgehead atoms. The topological polar surface area (TPSA) is 39.1 Å². The average Bonchev–Trinajstić information content (AvgIpc) is 2.42. The van der Waals surface area contributed by atoms with E-state index < -0.39 is 0 Å². The van der Waals surface area contributed by atoms with E-state index in [9.17, 15) is 0 Å². The predicted molar refractivity (Wildman–Crippen MR) is 86.2 cm³/mol. The van der Waals surface area contributed by atoms with Gasteiger partial charge in [-0.25, -0.2) is 0 Å². The minimum atomic E-state index is 0.231. The van der Waals surface area contributed by atoms with E-state index in [0.717, 1.165) is 29.4 Å². The zero-order valence-electron chi connectivity index (χ0n) is 12.8. The SMILES string of the molecule is CNC(C)c1ccc(N(CCC#N)CC(C)C)cc1Cl. The van der Waals surface area contributed by atoms with Gasteiger partial charge in [-0.15, -0.1) is 0 Å². The maximum atomic E-state index is 8.79. The second kappa shape index (κ2) is 8.14. The molecule has 0 fully saturated rings. The van der Waals surface area contributed by atoms with Crippen molar-refractivity contribution in [2.75, 3.05) is 25.0 Å².